The summed E-state index contributed by atoms with van der Waals surface area (Å²) in [6.45, 7) is 0.429. The minimum absolute atomic E-state index is 0.000458. The SMILES string of the molecule is COc1ncc(-c2cccc(S(=O)(=O)Nc3ccsc3C(=O)C(=O)[C@@H](N)CCCNC(N)N)c2)cn1. The third kappa shape index (κ3) is 6.90. The minimum atomic E-state index is -4.09. The van der Waals surface area contributed by atoms with Gasteiger partial charge in [-0.3, -0.25) is 19.6 Å². The Hall–Kier alpha value is -3.27. The van der Waals surface area contributed by atoms with Crippen LogP contribution in [-0.2, 0) is 14.8 Å². The summed E-state index contributed by atoms with van der Waals surface area (Å²) in [5.41, 5.74) is 17.8. The first-order chi connectivity index (χ1) is 17.1. The number of sulfonamides is 1. The molecule has 0 saturated carbocycles. The molecule has 8 N–H and O–H groups in total. The van der Waals surface area contributed by atoms with Gasteiger partial charge in [-0.25, -0.2) is 18.4 Å². The largest absolute Gasteiger partial charge is 0.467 e. The Morgan fingerprint density at radius 1 is 1.11 bits per heavy atom. The summed E-state index contributed by atoms with van der Waals surface area (Å²) in [4.78, 5) is 33.3. The zero-order chi connectivity index (χ0) is 26.3. The summed E-state index contributed by atoms with van der Waals surface area (Å²) in [5.74, 6) is -1.67. The molecule has 0 bridgehead atoms. The van der Waals surface area contributed by atoms with Gasteiger partial charge in [0.25, 0.3) is 10.0 Å². The van der Waals surface area contributed by atoms with Crippen LogP contribution in [0.3, 0.4) is 0 Å². The molecule has 2 heterocycles. The Kier molecular flexibility index (Phi) is 9.19. The number of hydrogen-bond donors (Lipinski definition) is 5. The van der Waals surface area contributed by atoms with Crippen molar-refractivity contribution in [1.29, 1.82) is 0 Å². The normalized spacial score (nSPS) is 12.4. The zero-order valence-corrected chi connectivity index (χ0v) is 21.0. The standard InChI is InChI=1S/C22H27N7O5S2/c1-34-22-27-11-14(12-28-22)13-4-2-5-15(10-13)36(32,33)29-17-7-9-35-20(17)19(31)18(30)16(23)6-3-8-26-21(24)25/h2,4-5,7,9-12,16,21,26,29H,3,6,8,23-25H2,1H3/t16-/m0/s1. The molecule has 0 aliphatic rings. The summed E-state index contributed by atoms with van der Waals surface area (Å²) >= 11 is 0.948. The highest BCUT2D eigenvalue weighted by atomic mass is 32.2. The third-order valence-corrected chi connectivity index (χ3v) is 7.31. The van der Waals surface area contributed by atoms with Crippen molar-refractivity contribution in [3.05, 3.63) is 53.0 Å². The second kappa shape index (κ2) is 12.1. The predicted octanol–water partition coefficient (Wildman–Crippen LogP) is 0.664. The number of thiophene rings is 1. The number of ketones is 2. The van der Waals surface area contributed by atoms with Crippen LogP contribution in [0.2, 0.25) is 0 Å². The number of nitrogens with two attached hydrogens (primary N) is 3. The Labute approximate surface area is 212 Å². The fourth-order valence-corrected chi connectivity index (χ4v) is 5.16. The number of aromatic nitrogens is 2. The maximum absolute atomic E-state index is 13.1. The Morgan fingerprint density at radius 3 is 2.50 bits per heavy atom. The highest BCUT2D eigenvalue weighted by Gasteiger charge is 2.28. The van der Waals surface area contributed by atoms with Crippen LogP contribution in [-0.4, -0.2) is 55.9 Å². The van der Waals surface area contributed by atoms with E-state index in [1.54, 1.807) is 12.1 Å². The van der Waals surface area contributed by atoms with Crippen LogP contribution < -0.4 is 32.0 Å². The first kappa shape index (κ1) is 27.3. The van der Waals surface area contributed by atoms with Crippen LogP contribution >= 0.6 is 11.3 Å². The van der Waals surface area contributed by atoms with E-state index in [0.29, 0.717) is 24.1 Å². The van der Waals surface area contributed by atoms with E-state index in [1.807, 2.05) is 0 Å². The first-order valence-electron chi connectivity index (χ1n) is 10.8. The summed E-state index contributed by atoms with van der Waals surface area (Å²) < 4.78 is 33.5. The molecule has 1 aromatic carbocycles. The van der Waals surface area contributed by atoms with Gasteiger partial charge in [-0.05, 0) is 48.5 Å². The van der Waals surface area contributed by atoms with Crippen molar-refractivity contribution >= 4 is 38.6 Å². The number of nitrogens with one attached hydrogen (secondary N) is 2. The van der Waals surface area contributed by atoms with Crippen LogP contribution in [0.25, 0.3) is 11.1 Å². The van der Waals surface area contributed by atoms with E-state index < -0.39 is 33.9 Å². The number of benzene rings is 1. The van der Waals surface area contributed by atoms with E-state index in [1.165, 1.54) is 43.1 Å². The summed E-state index contributed by atoms with van der Waals surface area (Å²) in [7, 11) is -2.65. The molecule has 0 saturated heterocycles. The smallest absolute Gasteiger partial charge is 0.316 e. The van der Waals surface area contributed by atoms with Gasteiger partial charge in [0, 0.05) is 18.0 Å². The van der Waals surface area contributed by atoms with Crippen molar-refractivity contribution in [1.82, 2.24) is 15.3 Å². The van der Waals surface area contributed by atoms with Crippen LogP contribution in [0.1, 0.15) is 22.5 Å². The number of carbonyl (C=O) groups is 2. The van der Waals surface area contributed by atoms with Crippen molar-refractivity contribution in [2.24, 2.45) is 17.2 Å². The molecule has 36 heavy (non-hydrogen) atoms. The lowest BCUT2D eigenvalue weighted by molar-refractivity contribution is -0.116. The van der Waals surface area contributed by atoms with E-state index in [4.69, 9.17) is 21.9 Å². The van der Waals surface area contributed by atoms with Gasteiger partial charge in [0.2, 0.25) is 11.6 Å². The van der Waals surface area contributed by atoms with Crippen molar-refractivity contribution < 1.29 is 22.7 Å². The molecule has 14 heteroatoms. The van der Waals surface area contributed by atoms with Gasteiger partial charge in [0.05, 0.1) is 23.7 Å². The number of carbonyl (C=O) groups excluding carboxylic acids is 2. The van der Waals surface area contributed by atoms with Gasteiger partial charge in [-0.2, -0.15) is 0 Å². The zero-order valence-electron chi connectivity index (χ0n) is 19.4. The molecule has 1 atom stereocenters. The van der Waals surface area contributed by atoms with Crippen LogP contribution in [0, 0.1) is 0 Å². The molecule has 12 nitrogen and oxygen atoms in total. The van der Waals surface area contributed by atoms with Crippen LogP contribution in [0.4, 0.5) is 5.69 Å². The van der Waals surface area contributed by atoms with Crippen molar-refractivity contribution in [3.63, 3.8) is 0 Å². The quantitative estimate of drug-likeness (QED) is 0.0893. The second-order valence-electron chi connectivity index (χ2n) is 7.68. The number of Topliss-reactive ketones (excluding diaryl/α,β-unsaturated/α-hetero) is 2. The van der Waals surface area contributed by atoms with E-state index in [0.717, 1.165) is 11.3 Å². The molecule has 0 radical (unpaired) electrons. The van der Waals surface area contributed by atoms with Gasteiger partial charge in [-0.15, -0.1) is 11.3 Å². The molecule has 0 aliphatic heterocycles. The van der Waals surface area contributed by atoms with Gasteiger partial charge in [0.1, 0.15) is 11.2 Å². The fourth-order valence-electron chi connectivity index (χ4n) is 3.18. The van der Waals surface area contributed by atoms with Crippen LogP contribution in [0.15, 0.2) is 53.0 Å². The number of nitrogens with zero attached hydrogens (tertiary/aromatic N) is 2. The first-order valence-corrected chi connectivity index (χ1v) is 13.1. The number of anilines is 1. The number of ether oxygens (including phenoxy) is 1. The molecule has 0 spiro atoms. The average Bonchev–Trinajstić information content (AvgIpc) is 3.32. The molecule has 3 rings (SSSR count). The van der Waals surface area contributed by atoms with Gasteiger partial charge in [-0.1, -0.05) is 12.1 Å². The van der Waals surface area contributed by atoms with Gasteiger partial charge < -0.3 is 21.9 Å². The minimum Gasteiger partial charge on any atom is -0.467 e. The lowest BCUT2D eigenvalue weighted by Crippen LogP contribution is -2.46. The number of rotatable bonds is 13. The van der Waals surface area contributed by atoms with Gasteiger partial charge in [0.15, 0.2) is 0 Å². The Morgan fingerprint density at radius 2 is 1.83 bits per heavy atom. The second-order valence-corrected chi connectivity index (χ2v) is 10.3. The van der Waals surface area contributed by atoms with E-state index in [-0.39, 0.29) is 27.9 Å². The molecular weight excluding hydrogens is 506 g/mol. The molecule has 0 unspecified atom stereocenters. The molecule has 2 aromatic heterocycles. The van der Waals surface area contributed by atoms with Crippen molar-refractivity contribution in [2.75, 3.05) is 18.4 Å². The summed E-state index contributed by atoms with van der Waals surface area (Å²) in [6, 6.07) is 6.70. The Bertz CT molecular complexity index is 1310. The van der Waals surface area contributed by atoms with E-state index >= 15 is 0 Å². The molecule has 0 fully saturated rings. The monoisotopic (exact) mass is 533 g/mol. The molecule has 3 aromatic rings. The van der Waals surface area contributed by atoms with Crippen molar-refractivity contribution in [2.45, 2.75) is 30.1 Å². The highest BCUT2D eigenvalue weighted by molar-refractivity contribution is 7.92. The maximum atomic E-state index is 13.1. The summed E-state index contributed by atoms with van der Waals surface area (Å²) in [6.07, 6.45) is 3.04. The summed E-state index contributed by atoms with van der Waals surface area (Å²) in [5, 5.41) is 4.30. The number of methoxy groups -OCH3 is 1. The predicted molar refractivity (Wildman–Crippen MR) is 136 cm³/mol. The Balaban J connectivity index is 1.73. The maximum Gasteiger partial charge on any atom is 0.316 e. The lowest BCUT2D eigenvalue weighted by Gasteiger charge is -2.12. The average molecular weight is 534 g/mol. The molecular formula is C22H27N7O5S2. The van der Waals surface area contributed by atoms with Gasteiger partial charge >= 0.3 is 6.01 Å². The van der Waals surface area contributed by atoms with E-state index in [2.05, 4.69) is 20.0 Å². The fraction of sp³-hybridized carbons (Fsp3) is 0.273. The van der Waals surface area contributed by atoms with Crippen LogP contribution in [0.5, 0.6) is 6.01 Å². The topological polar surface area (TPSA) is 205 Å². The van der Waals surface area contributed by atoms with E-state index in [9.17, 15) is 18.0 Å². The molecule has 0 amide bonds. The van der Waals surface area contributed by atoms with Crippen molar-refractivity contribution in [3.8, 4) is 17.1 Å². The third-order valence-electron chi connectivity index (χ3n) is 5.04. The molecule has 0 aliphatic carbocycles. The molecule has 192 valence electrons. The lowest BCUT2D eigenvalue weighted by atomic mass is 10.0. The number of hydrogen-bond acceptors (Lipinski definition) is 12. The highest BCUT2D eigenvalue weighted by Crippen LogP contribution is 2.28.